The van der Waals surface area contributed by atoms with Crippen LogP contribution in [0.5, 0.6) is 0 Å². The van der Waals surface area contributed by atoms with Crippen molar-refractivity contribution in [3.63, 3.8) is 0 Å². The van der Waals surface area contributed by atoms with E-state index in [1.165, 1.54) is 0 Å². The molecule has 0 aromatic heterocycles. The van der Waals surface area contributed by atoms with Gasteiger partial charge < -0.3 is 14.6 Å². The minimum Gasteiger partial charge on any atom is -0.368 e. The Labute approximate surface area is 73.7 Å². The first-order valence-corrected chi connectivity index (χ1v) is 4.52. The molecule has 1 saturated heterocycles. The summed E-state index contributed by atoms with van der Waals surface area (Å²) in [6.07, 6.45) is 0.750. The van der Waals surface area contributed by atoms with E-state index in [1.807, 2.05) is 6.92 Å². The Balaban J connectivity index is 2.45. The second-order valence-corrected chi connectivity index (χ2v) is 3.94. The highest BCUT2D eigenvalue weighted by molar-refractivity contribution is 4.70. The van der Waals surface area contributed by atoms with Crippen molar-refractivity contribution >= 4 is 0 Å². The lowest BCUT2D eigenvalue weighted by Crippen LogP contribution is -2.43. The van der Waals surface area contributed by atoms with Crippen molar-refractivity contribution in [2.75, 3.05) is 6.61 Å². The van der Waals surface area contributed by atoms with E-state index < -0.39 is 12.1 Å². The van der Waals surface area contributed by atoms with Crippen molar-refractivity contribution in [1.82, 2.24) is 0 Å². The van der Waals surface area contributed by atoms with Crippen molar-refractivity contribution in [2.45, 2.75) is 45.7 Å². The van der Waals surface area contributed by atoms with Gasteiger partial charge in [-0.05, 0) is 12.8 Å². The Bertz CT molecular complexity index is 143. The highest BCUT2D eigenvalue weighted by Crippen LogP contribution is 2.27. The Morgan fingerprint density at radius 3 is 2.75 bits per heavy atom. The highest BCUT2D eigenvalue weighted by atomic mass is 16.8. The normalized spacial score (nSPS) is 37.2. The molecule has 72 valence electrons. The van der Waals surface area contributed by atoms with Gasteiger partial charge in [-0.15, -0.1) is 0 Å². The van der Waals surface area contributed by atoms with Gasteiger partial charge in [0.2, 0.25) is 0 Å². The summed E-state index contributed by atoms with van der Waals surface area (Å²) < 4.78 is 10.8. The molecule has 1 aliphatic heterocycles. The van der Waals surface area contributed by atoms with Gasteiger partial charge >= 0.3 is 0 Å². The van der Waals surface area contributed by atoms with Crippen molar-refractivity contribution in [1.29, 1.82) is 0 Å². The fourth-order valence-electron chi connectivity index (χ4n) is 1.60. The SMILES string of the molecule is CC(C)CC1(C)OCCC(O)O1. The van der Waals surface area contributed by atoms with E-state index in [9.17, 15) is 5.11 Å². The summed E-state index contributed by atoms with van der Waals surface area (Å²) in [5, 5.41) is 9.26. The van der Waals surface area contributed by atoms with Gasteiger partial charge in [0.1, 0.15) is 0 Å². The Hall–Kier alpha value is -0.120. The molecule has 1 fully saturated rings. The minimum absolute atomic E-state index is 0.514. The lowest BCUT2D eigenvalue weighted by Gasteiger charge is -2.37. The number of hydrogen-bond acceptors (Lipinski definition) is 3. The van der Waals surface area contributed by atoms with Gasteiger partial charge in [0, 0.05) is 12.8 Å². The zero-order chi connectivity index (χ0) is 9.19. The van der Waals surface area contributed by atoms with Gasteiger partial charge in [-0.25, -0.2) is 0 Å². The van der Waals surface area contributed by atoms with E-state index in [0.29, 0.717) is 18.9 Å². The van der Waals surface area contributed by atoms with E-state index >= 15 is 0 Å². The van der Waals surface area contributed by atoms with Gasteiger partial charge in [0.05, 0.1) is 6.61 Å². The molecular weight excluding hydrogens is 156 g/mol. The zero-order valence-corrected chi connectivity index (χ0v) is 8.04. The number of rotatable bonds is 2. The van der Waals surface area contributed by atoms with Gasteiger partial charge in [-0.3, -0.25) is 0 Å². The van der Waals surface area contributed by atoms with Crippen LogP contribution in [0.25, 0.3) is 0 Å². The lowest BCUT2D eigenvalue weighted by molar-refractivity contribution is -0.332. The summed E-state index contributed by atoms with van der Waals surface area (Å²) in [7, 11) is 0. The molecule has 12 heavy (non-hydrogen) atoms. The standard InChI is InChI=1S/C9H18O3/c1-7(2)6-9(3)11-5-4-8(10)12-9/h7-8,10H,4-6H2,1-3H3. The monoisotopic (exact) mass is 174 g/mol. The third kappa shape index (κ3) is 2.73. The van der Waals surface area contributed by atoms with E-state index in [2.05, 4.69) is 13.8 Å². The molecule has 0 aliphatic carbocycles. The molecule has 1 rings (SSSR count). The van der Waals surface area contributed by atoms with E-state index in [4.69, 9.17) is 9.47 Å². The Kier molecular flexibility index (Phi) is 3.09. The van der Waals surface area contributed by atoms with E-state index in [0.717, 1.165) is 6.42 Å². The summed E-state index contributed by atoms with van der Waals surface area (Å²) >= 11 is 0. The largest absolute Gasteiger partial charge is 0.368 e. The first kappa shape index (κ1) is 9.96. The summed E-state index contributed by atoms with van der Waals surface area (Å²) in [5.41, 5.74) is 0. The molecular formula is C9H18O3. The Morgan fingerprint density at radius 2 is 2.25 bits per heavy atom. The predicted octanol–water partition coefficient (Wildman–Crippen LogP) is 1.50. The second-order valence-electron chi connectivity index (χ2n) is 3.94. The quantitative estimate of drug-likeness (QED) is 0.689. The maximum atomic E-state index is 9.26. The third-order valence-corrected chi connectivity index (χ3v) is 1.94. The molecule has 3 heteroatoms. The smallest absolute Gasteiger partial charge is 0.168 e. The van der Waals surface area contributed by atoms with Crippen molar-refractivity contribution in [2.24, 2.45) is 5.92 Å². The molecule has 0 radical (unpaired) electrons. The van der Waals surface area contributed by atoms with Crippen molar-refractivity contribution in [3.05, 3.63) is 0 Å². The molecule has 0 aromatic rings. The van der Waals surface area contributed by atoms with Crippen LogP contribution in [0.2, 0.25) is 0 Å². The molecule has 1 aliphatic rings. The molecule has 1 heterocycles. The second kappa shape index (κ2) is 3.73. The van der Waals surface area contributed by atoms with Crippen LogP contribution in [-0.2, 0) is 9.47 Å². The van der Waals surface area contributed by atoms with Crippen LogP contribution in [0, 0.1) is 5.92 Å². The number of aliphatic hydroxyl groups is 1. The molecule has 0 saturated carbocycles. The summed E-state index contributed by atoms with van der Waals surface area (Å²) in [6.45, 7) is 6.69. The first-order valence-electron chi connectivity index (χ1n) is 4.52. The van der Waals surface area contributed by atoms with Gasteiger partial charge in [-0.1, -0.05) is 13.8 Å². The third-order valence-electron chi connectivity index (χ3n) is 1.94. The minimum atomic E-state index is -0.650. The summed E-state index contributed by atoms with van der Waals surface area (Å²) in [4.78, 5) is 0. The number of hydrogen-bond donors (Lipinski definition) is 1. The average Bonchev–Trinajstić information content (AvgIpc) is 1.82. The average molecular weight is 174 g/mol. The van der Waals surface area contributed by atoms with E-state index in [1.54, 1.807) is 0 Å². The summed E-state index contributed by atoms with van der Waals surface area (Å²) in [6, 6.07) is 0. The molecule has 0 aromatic carbocycles. The molecule has 3 nitrogen and oxygen atoms in total. The zero-order valence-electron chi connectivity index (χ0n) is 8.04. The van der Waals surface area contributed by atoms with Crippen LogP contribution in [0.1, 0.15) is 33.6 Å². The number of ether oxygens (including phenoxy) is 2. The first-order chi connectivity index (χ1) is 5.52. The predicted molar refractivity (Wildman–Crippen MR) is 45.5 cm³/mol. The van der Waals surface area contributed by atoms with Crippen molar-refractivity contribution in [3.8, 4) is 0 Å². The molecule has 0 spiro atoms. The van der Waals surface area contributed by atoms with Gasteiger partial charge in [-0.2, -0.15) is 0 Å². The van der Waals surface area contributed by atoms with Crippen LogP contribution < -0.4 is 0 Å². The topological polar surface area (TPSA) is 38.7 Å². The fraction of sp³-hybridized carbons (Fsp3) is 1.00. The molecule has 0 amide bonds. The van der Waals surface area contributed by atoms with Crippen molar-refractivity contribution < 1.29 is 14.6 Å². The molecule has 2 atom stereocenters. The number of aliphatic hydroxyl groups excluding tert-OH is 1. The molecule has 1 N–H and O–H groups in total. The van der Waals surface area contributed by atoms with Crippen LogP contribution in [0.4, 0.5) is 0 Å². The van der Waals surface area contributed by atoms with Crippen LogP contribution in [0.15, 0.2) is 0 Å². The lowest BCUT2D eigenvalue weighted by atomic mass is 10.0. The van der Waals surface area contributed by atoms with Crippen LogP contribution in [0.3, 0.4) is 0 Å². The van der Waals surface area contributed by atoms with Crippen LogP contribution >= 0.6 is 0 Å². The fourth-order valence-corrected chi connectivity index (χ4v) is 1.60. The molecule has 0 bridgehead atoms. The molecule has 2 unspecified atom stereocenters. The summed E-state index contributed by atoms with van der Waals surface area (Å²) in [5.74, 6) is -0.0634. The Morgan fingerprint density at radius 1 is 1.58 bits per heavy atom. The van der Waals surface area contributed by atoms with Gasteiger partial charge in [0.15, 0.2) is 12.1 Å². The maximum absolute atomic E-state index is 9.26. The van der Waals surface area contributed by atoms with E-state index in [-0.39, 0.29) is 0 Å². The maximum Gasteiger partial charge on any atom is 0.168 e. The van der Waals surface area contributed by atoms with Crippen LogP contribution in [-0.4, -0.2) is 23.8 Å². The van der Waals surface area contributed by atoms with Gasteiger partial charge in [0.25, 0.3) is 0 Å². The highest BCUT2D eigenvalue weighted by Gasteiger charge is 2.33.